The average Bonchev–Trinajstić information content (AvgIpc) is 2.58. The molecule has 0 aromatic heterocycles. The van der Waals surface area contributed by atoms with E-state index in [1.165, 1.54) is 12.1 Å². The molecule has 5 N–H and O–H groups in total. The number of anilines is 2. The van der Waals surface area contributed by atoms with Gasteiger partial charge in [-0.25, -0.2) is 0 Å². The Labute approximate surface area is 167 Å². The van der Waals surface area contributed by atoms with Crippen molar-refractivity contribution in [2.75, 3.05) is 11.1 Å². The predicted octanol–water partition coefficient (Wildman–Crippen LogP) is 3.30. The molecule has 0 spiro atoms. The first-order chi connectivity index (χ1) is 12.8. The minimum atomic E-state index is -0.829. The van der Waals surface area contributed by atoms with Crippen molar-refractivity contribution in [2.45, 2.75) is 18.2 Å². The molecule has 0 unspecified atom stereocenters. The molecule has 11 nitrogen and oxygen atoms in total. The number of nitro benzene ring substituents is 2. The standard InChI is InChI=1S/C10H11BrN2O4.C6H6N2O3/c1-10(2,11)9(15)12-7-5-6(13(16)17)3-4-8(7)14;7-5-3-4(8(10)11)1-2-6(5)9/h3-5,14H,1-2H3,(H,12,15);1-3,9H,7H2. The number of nitrogens with zero attached hydrogens (tertiary/aromatic N) is 2. The normalized spacial score (nSPS) is 10.4. The van der Waals surface area contributed by atoms with Crippen molar-refractivity contribution in [1.29, 1.82) is 0 Å². The van der Waals surface area contributed by atoms with E-state index in [0.717, 1.165) is 24.3 Å². The summed E-state index contributed by atoms with van der Waals surface area (Å²) in [6, 6.07) is 6.90. The van der Waals surface area contributed by atoms with Gasteiger partial charge in [-0.15, -0.1) is 0 Å². The fourth-order valence-electron chi connectivity index (χ4n) is 1.66. The van der Waals surface area contributed by atoms with Crippen molar-refractivity contribution in [3.8, 4) is 11.5 Å². The Hall–Kier alpha value is -3.41. The maximum atomic E-state index is 11.6. The molecule has 0 aliphatic heterocycles. The Balaban J connectivity index is 0.000000307. The van der Waals surface area contributed by atoms with Crippen LogP contribution in [0, 0.1) is 20.2 Å². The number of alkyl halides is 1. The highest BCUT2D eigenvalue weighted by Crippen LogP contribution is 2.29. The highest BCUT2D eigenvalue weighted by Gasteiger charge is 2.25. The quantitative estimate of drug-likeness (QED) is 0.177. The van der Waals surface area contributed by atoms with Gasteiger partial charge < -0.3 is 21.3 Å². The highest BCUT2D eigenvalue weighted by molar-refractivity contribution is 9.10. The number of phenolic OH excluding ortho intramolecular Hbond substituents is 2. The van der Waals surface area contributed by atoms with Crippen LogP contribution in [0.5, 0.6) is 11.5 Å². The van der Waals surface area contributed by atoms with Crippen LogP contribution in [0.25, 0.3) is 0 Å². The average molecular weight is 457 g/mol. The number of halogens is 1. The summed E-state index contributed by atoms with van der Waals surface area (Å²) in [7, 11) is 0. The second kappa shape index (κ2) is 8.99. The van der Waals surface area contributed by atoms with Gasteiger partial charge in [0.05, 0.1) is 25.5 Å². The minimum Gasteiger partial charge on any atom is -0.506 e. The number of phenols is 2. The lowest BCUT2D eigenvalue weighted by atomic mass is 10.2. The van der Waals surface area contributed by atoms with Gasteiger partial charge in [0.1, 0.15) is 11.5 Å². The van der Waals surface area contributed by atoms with Crippen LogP contribution in [-0.2, 0) is 4.79 Å². The molecule has 2 aromatic rings. The van der Waals surface area contributed by atoms with Crippen LogP contribution < -0.4 is 11.1 Å². The second-order valence-electron chi connectivity index (χ2n) is 5.89. The maximum Gasteiger partial charge on any atom is 0.271 e. The fraction of sp³-hybridized carbons (Fsp3) is 0.188. The number of hydrogen-bond acceptors (Lipinski definition) is 8. The zero-order valence-electron chi connectivity index (χ0n) is 14.7. The molecule has 2 aromatic carbocycles. The molecular formula is C16H17BrN4O7. The number of carbonyl (C=O) groups is 1. The number of nitro groups is 2. The smallest absolute Gasteiger partial charge is 0.271 e. The van der Waals surface area contributed by atoms with Crippen LogP contribution in [0.1, 0.15) is 13.8 Å². The topological polar surface area (TPSA) is 182 Å². The molecule has 150 valence electrons. The Bertz CT molecular complexity index is 912. The van der Waals surface area contributed by atoms with Crippen molar-refractivity contribution in [3.05, 3.63) is 56.6 Å². The molecule has 2 rings (SSSR count). The van der Waals surface area contributed by atoms with Crippen LogP contribution in [-0.4, -0.2) is 30.3 Å². The van der Waals surface area contributed by atoms with E-state index >= 15 is 0 Å². The highest BCUT2D eigenvalue weighted by atomic mass is 79.9. The molecule has 0 radical (unpaired) electrons. The second-order valence-corrected chi connectivity index (χ2v) is 7.87. The molecule has 0 fully saturated rings. The van der Waals surface area contributed by atoms with E-state index in [4.69, 9.17) is 10.8 Å². The summed E-state index contributed by atoms with van der Waals surface area (Å²) < 4.78 is -0.829. The first-order valence-corrected chi connectivity index (χ1v) is 8.33. The molecule has 0 atom stereocenters. The SMILES string of the molecule is CC(C)(Br)C(=O)Nc1cc([N+](=O)[O-])ccc1O.Nc1cc([N+](=O)[O-])ccc1O. The number of rotatable bonds is 4. The van der Waals surface area contributed by atoms with Crippen LogP contribution in [0.3, 0.4) is 0 Å². The van der Waals surface area contributed by atoms with Crippen LogP contribution in [0.4, 0.5) is 22.7 Å². The lowest BCUT2D eigenvalue weighted by Crippen LogP contribution is -2.30. The van der Waals surface area contributed by atoms with E-state index in [1.807, 2.05) is 0 Å². The monoisotopic (exact) mass is 456 g/mol. The Kier molecular flexibility index (Phi) is 7.27. The van der Waals surface area contributed by atoms with Gasteiger partial charge in [-0.2, -0.15) is 0 Å². The Morgan fingerprint density at radius 3 is 1.93 bits per heavy atom. The van der Waals surface area contributed by atoms with Crippen LogP contribution in [0.2, 0.25) is 0 Å². The molecular weight excluding hydrogens is 440 g/mol. The number of nitrogens with two attached hydrogens (primary N) is 1. The van der Waals surface area contributed by atoms with Crippen molar-refractivity contribution in [3.63, 3.8) is 0 Å². The molecule has 1 amide bonds. The van der Waals surface area contributed by atoms with Crippen LogP contribution in [0.15, 0.2) is 36.4 Å². The van der Waals surface area contributed by atoms with E-state index in [9.17, 15) is 30.1 Å². The summed E-state index contributed by atoms with van der Waals surface area (Å²) >= 11 is 3.15. The number of carbonyl (C=O) groups excluding carboxylic acids is 1. The van der Waals surface area contributed by atoms with Crippen molar-refractivity contribution >= 4 is 44.6 Å². The maximum absolute atomic E-state index is 11.6. The van der Waals surface area contributed by atoms with Gasteiger partial charge in [-0.05, 0) is 26.0 Å². The third-order valence-electron chi connectivity index (χ3n) is 3.20. The molecule has 0 heterocycles. The van der Waals surface area contributed by atoms with Gasteiger partial charge in [0.2, 0.25) is 5.91 Å². The third-order valence-corrected chi connectivity index (χ3v) is 3.56. The summed E-state index contributed by atoms with van der Waals surface area (Å²) in [6.07, 6.45) is 0. The number of non-ortho nitro benzene ring substituents is 2. The Morgan fingerprint density at radius 2 is 1.50 bits per heavy atom. The molecule has 0 saturated heterocycles. The largest absolute Gasteiger partial charge is 0.506 e. The van der Waals surface area contributed by atoms with Crippen molar-refractivity contribution < 1.29 is 24.9 Å². The van der Waals surface area contributed by atoms with E-state index in [-0.39, 0.29) is 34.2 Å². The first-order valence-electron chi connectivity index (χ1n) is 7.53. The van der Waals surface area contributed by atoms with E-state index in [1.54, 1.807) is 13.8 Å². The van der Waals surface area contributed by atoms with Gasteiger partial charge in [-0.1, -0.05) is 15.9 Å². The molecule has 28 heavy (non-hydrogen) atoms. The van der Waals surface area contributed by atoms with Gasteiger partial charge in [0.15, 0.2) is 0 Å². The van der Waals surface area contributed by atoms with Gasteiger partial charge >= 0.3 is 0 Å². The predicted molar refractivity (Wildman–Crippen MR) is 106 cm³/mol. The van der Waals surface area contributed by atoms with Crippen molar-refractivity contribution in [1.82, 2.24) is 0 Å². The van der Waals surface area contributed by atoms with Gasteiger partial charge in [0, 0.05) is 24.3 Å². The molecule has 0 saturated carbocycles. The Morgan fingerprint density at radius 1 is 1.04 bits per heavy atom. The van der Waals surface area contributed by atoms with E-state index in [0.29, 0.717) is 0 Å². The van der Waals surface area contributed by atoms with E-state index in [2.05, 4.69) is 21.2 Å². The zero-order chi connectivity index (χ0) is 21.6. The molecule has 0 aliphatic rings. The summed E-state index contributed by atoms with van der Waals surface area (Å²) in [5, 5.41) is 41.4. The number of hydrogen-bond donors (Lipinski definition) is 4. The van der Waals surface area contributed by atoms with Gasteiger partial charge in [0.25, 0.3) is 11.4 Å². The van der Waals surface area contributed by atoms with Crippen LogP contribution >= 0.6 is 15.9 Å². The first kappa shape index (κ1) is 22.6. The zero-order valence-corrected chi connectivity index (χ0v) is 16.3. The minimum absolute atomic E-state index is 0.0109. The molecule has 0 bridgehead atoms. The number of benzene rings is 2. The van der Waals surface area contributed by atoms with Gasteiger partial charge in [-0.3, -0.25) is 25.0 Å². The number of aromatic hydroxyl groups is 2. The summed E-state index contributed by atoms with van der Waals surface area (Å²) in [5.41, 5.74) is 4.90. The molecule has 0 aliphatic carbocycles. The number of nitrogen functional groups attached to an aromatic ring is 1. The summed E-state index contributed by atoms with van der Waals surface area (Å²) in [6.45, 7) is 3.24. The lowest BCUT2D eigenvalue weighted by Gasteiger charge is -2.16. The lowest BCUT2D eigenvalue weighted by molar-refractivity contribution is -0.385. The van der Waals surface area contributed by atoms with E-state index < -0.39 is 20.1 Å². The summed E-state index contributed by atoms with van der Waals surface area (Å²) in [5.74, 6) is -0.774. The van der Waals surface area contributed by atoms with Crippen molar-refractivity contribution in [2.24, 2.45) is 0 Å². The number of amides is 1. The fourth-order valence-corrected chi connectivity index (χ4v) is 1.76. The third kappa shape index (κ3) is 6.39. The molecule has 12 heteroatoms. The number of nitrogens with one attached hydrogen (secondary N) is 1. The summed E-state index contributed by atoms with van der Waals surface area (Å²) in [4.78, 5) is 31.1.